The molecule has 0 saturated heterocycles. The number of hydrogen-bond acceptors (Lipinski definition) is 6. The molecule has 0 fully saturated rings. The summed E-state index contributed by atoms with van der Waals surface area (Å²) in [5.74, 6) is 0.365. The summed E-state index contributed by atoms with van der Waals surface area (Å²) in [5.41, 5.74) is 0.873. The topological polar surface area (TPSA) is 69.2 Å². The Balaban J connectivity index is 1.73. The number of anilines is 2. The van der Waals surface area contributed by atoms with Crippen LogP contribution in [-0.2, 0) is 0 Å². The van der Waals surface area contributed by atoms with E-state index in [1.165, 1.54) is 30.4 Å². The highest BCUT2D eigenvalue weighted by Crippen LogP contribution is 2.26. The van der Waals surface area contributed by atoms with E-state index < -0.39 is 0 Å². The van der Waals surface area contributed by atoms with Gasteiger partial charge in [0.1, 0.15) is 0 Å². The molecule has 6 nitrogen and oxygen atoms in total. The summed E-state index contributed by atoms with van der Waals surface area (Å²) in [5, 5.41) is 7.91. The van der Waals surface area contributed by atoms with Gasteiger partial charge >= 0.3 is 12.0 Å². The average Bonchev–Trinajstić information content (AvgIpc) is 2.66. The third-order valence-electron chi connectivity index (χ3n) is 3.92. The minimum Gasteiger partial charge on any atom is -0.467 e. The van der Waals surface area contributed by atoms with Crippen molar-refractivity contribution in [3.8, 4) is 12.0 Å². The lowest BCUT2D eigenvalue weighted by Crippen LogP contribution is -2.03. The van der Waals surface area contributed by atoms with E-state index in [2.05, 4.69) is 56.7 Å². The van der Waals surface area contributed by atoms with E-state index >= 15 is 0 Å². The molecule has 0 atom stereocenters. The van der Waals surface area contributed by atoms with Crippen molar-refractivity contribution < 1.29 is 9.47 Å². The van der Waals surface area contributed by atoms with E-state index in [1.54, 1.807) is 0 Å². The molecule has 0 aliphatic carbocycles. The van der Waals surface area contributed by atoms with Crippen LogP contribution in [0.2, 0.25) is 0 Å². The van der Waals surface area contributed by atoms with Crippen LogP contribution in [0.15, 0.2) is 54.6 Å². The number of nitrogens with zero attached hydrogens (tertiary/aromatic N) is 3. The summed E-state index contributed by atoms with van der Waals surface area (Å²) >= 11 is 0. The largest absolute Gasteiger partial charge is 0.467 e. The van der Waals surface area contributed by atoms with Gasteiger partial charge in [-0.15, -0.1) is 4.98 Å². The molecule has 1 aromatic heterocycles. The molecule has 1 N–H and O–H groups in total. The minimum absolute atomic E-state index is 0.195. The zero-order valence-corrected chi connectivity index (χ0v) is 13.9. The third kappa shape index (κ3) is 3.01. The van der Waals surface area contributed by atoms with E-state index in [-0.39, 0.29) is 12.0 Å². The molecule has 0 saturated carbocycles. The maximum Gasteiger partial charge on any atom is 0.324 e. The Morgan fingerprint density at radius 3 is 1.92 bits per heavy atom. The number of ether oxygens (including phenoxy) is 2. The molecule has 0 spiro atoms. The summed E-state index contributed by atoms with van der Waals surface area (Å²) in [6.07, 6.45) is 0. The molecule has 0 aliphatic heterocycles. The number of methoxy groups -OCH3 is 2. The predicted molar refractivity (Wildman–Crippen MR) is 97.7 cm³/mol. The monoisotopic (exact) mass is 332 g/mol. The number of aromatic nitrogens is 3. The maximum absolute atomic E-state index is 5.07. The van der Waals surface area contributed by atoms with Crippen molar-refractivity contribution in [2.45, 2.75) is 0 Å². The molecule has 0 radical (unpaired) electrons. The van der Waals surface area contributed by atoms with Crippen molar-refractivity contribution in [2.24, 2.45) is 0 Å². The molecule has 124 valence electrons. The van der Waals surface area contributed by atoms with Gasteiger partial charge in [0.15, 0.2) is 0 Å². The minimum atomic E-state index is 0.195. The molecule has 0 unspecified atom stereocenters. The van der Waals surface area contributed by atoms with Crippen molar-refractivity contribution in [3.05, 3.63) is 54.6 Å². The normalized spacial score (nSPS) is 10.8. The fraction of sp³-hybridized carbons (Fsp3) is 0.105. The van der Waals surface area contributed by atoms with Crippen LogP contribution in [0.4, 0.5) is 11.6 Å². The van der Waals surface area contributed by atoms with E-state index in [1.807, 2.05) is 18.2 Å². The molecule has 4 rings (SSSR count). The highest BCUT2D eigenvalue weighted by molar-refractivity contribution is 5.99. The highest BCUT2D eigenvalue weighted by Gasteiger charge is 2.08. The van der Waals surface area contributed by atoms with Gasteiger partial charge in [0.25, 0.3) is 0 Å². The fourth-order valence-electron chi connectivity index (χ4n) is 2.72. The van der Waals surface area contributed by atoms with E-state index in [0.717, 1.165) is 11.1 Å². The summed E-state index contributed by atoms with van der Waals surface area (Å²) < 4.78 is 10.1. The zero-order chi connectivity index (χ0) is 17.2. The first kappa shape index (κ1) is 15.1. The smallest absolute Gasteiger partial charge is 0.324 e. The second-order valence-electron chi connectivity index (χ2n) is 5.52. The highest BCUT2D eigenvalue weighted by atomic mass is 16.5. The van der Waals surface area contributed by atoms with Crippen LogP contribution in [0.1, 0.15) is 0 Å². The van der Waals surface area contributed by atoms with Gasteiger partial charge < -0.3 is 14.8 Å². The van der Waals surface area contributed by atoms with E-state index in [4.69, 9.17) is 9.47 Å². The summed E-state index contributed by atoms with van der Waals surface area (Å²) in [6, 6.07) is 19.2. The summed E-state index contributed by atoms with van der Waals surface area (Å²) in [4.78, 5) is 12.4. The van der Waals surface area contributed by atoms with Crippen LogP contribution < -0.4 is 14.8 Å². The summed E-state index contributed by atoms with van der Waals surface area (Å²) in [6.45, 7) is 0. The second kappa shape index (κ2) is 6.24. The Kier molecular flexibility index (Phi) is 3.78. The van der Waals surface area contributed by atoms with Crippen LogP contribution in [0.25, 0.3) is 21.5 Å². The van der Waals surface area contributed by atoms with Crippen LogP contribution in [0, 0.1) is 0 Å². The number of rotatable bonds is 4. The molecule has 6 heteroatoms. The van der Waals surface area contributed by atoms with Crippen LogP contribution in [0.3, 0.4) is 0 Å². The van der Waals surface area contributed by atoms with Crippen LogP contribution in [-0.4, -0.2) is 29.2 Å². The van der Waals surface area contributed by atoms with Crippen molar-refractivity contribution in [3.63, 3.8) is 0 Å². The fourth-order valence-corrected chi connectivity index (χ4v) is 2.72. The van der Waals surface area contributed by atoms with E-state index in [9.17, 15) is 0 Å². The van der Waals surface area contributed by atoms with Gasteiger partial charge in [0.2, 0.25) is 5.95 Å². The SMILES string of the molecule is COc1nc(Nc2ccc3cc4ccccc4cc3c2)nc(OC)n1. The van der Waals surface area contributed by atoms with Gasteiger partial charge in [-0.1, -0.05) is 30.3 Å². The van der Waals surface area contributed by atoms with E-state index in [0.29, 0.717) is 5.95 Å². The van der Waals surface area contributed by atoms with Gasteiger partial charge in [0, 0.05) is 5.69 Å². The van der Waals surface area contributed by atoms with Gasteiger partial charge in [-0.3, -0.25) is 0 Å². The van der Waals surface area contributed by atoms with Crippen LogP contribution in [0.5, 0.6) is 12.0 Å². The molecule has 0 bridgehead atoms. The lowest BCUT2D eigenvalue weighted by Gasteiger charge is -2.09. The lowest BCUT2D eigenvalue weighted by molar-refractivity contribution is 0.341. The molecule has 0 amide bonds. The lowest BCUT2D eigenvalue weighted by atomic mass is 10.0. The second-order valence-corrected chi connectivity index (χ2v) is 5.52. The Hall–Kier alpha value is -3.41. The van der Waals surface area contributed by atoms with Crippen molar-refractivity contribution in [1.29, 1.82) is 0 Å². The Morgan fingerprint density at radius 2 is 1.28 bits per heavy atom. The zero-order valence-electron chi connectivity index (χ0n) is 13.9. The third-order valence-corrected chi connectivity index (χ3v) is 3.92. The molecule has 3 aromatic carbocycles. The number of nitrogens with one attached hydrogen (secondary N) is 1. The van der Waals surface area contributed by atoms with Gasteiger partial charge in [-0.05, 0) is 45.8 Å². The molecule has 0 aliphatic rings. The first-order valence-corrected chi connectivity index (χ1v) is 7.79. The first-order valence-electron chi connectivity index (χ1n) is 7.79. The summed E-state index contributed by atoms with van der Waals surface area (Å²) in [7, 11) is 3.00. The van der Waals surface area contributed by atoms with Crippen molar-refractivity contribution in [2.75, 3.05) is 19.5 Å². The molecule has 1 heterocycles. The van der Waals surface area contributed by atoms with Crippen LogP contribution >= 0.6 is 0 Å². The van der Waals surface area contributed by atoms with Crippen molar-refractivity contribution >= 4 is 33.2 Å². The molecule has 25 heavy (non-hydrogen) atoms. The maximum atomic E-state index is 5.07. The Bertz CT molecular complexity index is 1040. The Morgan fingerprint density at radius 1 is 0.680 bits per heavy atom. The number of benzene rings is 3. The molecular weight excluding hydrogens is 316 g/mol. The molecular formula is C19H16N4O2. The number of fused-ring (bicyclic) bond motifs is 2. The van der Waals surface area contributed by atoms with Crippen molar-refractivity contribution in [1.82, 2.24) is 15.0 Å². The standard InChI is InChI=1S/C19H16N4O2/c1-24-18-21-17(22-19(23-18)25-2)20-16-8-7-14-9-12-5-3-4-6-13(12)10-15(14)11-16/h3-11H,1-2H3,(H,20,21,22,23). The Labute approximate surface area is 144 Å². The van der Waals surface area contributed by atoms with Gasteiger partial charge in [-0.2, -0.15) is 9.97 Å². The van der Waals surface area contributed by atoms with Gasteiger partial charge in [-0.25, -0.2) is 0 Å². The number of hydrogen-bond donors (Lipinski definition) is 1. The quantitative estimate of drug-likeness (QED) is 0.571. The molecule has 4 aromatic rings. The van der Waals surface area contributed by atoms with Gasteiger partial charge in [0.05, 0.1) is 14.2 Å². The average molecular weight is 332 g/mol. The first-order chi connectivity index (χ1) is 12.2. The predicted octanol–water partition coefficient (Wildman–Crippen LogP) is 3.94.